The third kappa shape index (κ3) is 2.51. The standard InChI is InChI=1S/C19H26N2O/c22-19(20-15-8-2-1-3-9-15)16-13-14-7-4-5-10-17(14)21-12-6-11-18(16)21/h4-5,7,10,15-16,18H,1-3,6,8-9,11-13H2,(H,20,22). The summed E-state index contributed by atoms with van der Waals surface area (Å²) in [6, 6.07) is 9.49. The molecule has 1 aromatic carbocycles. The van der Waals surface area contributed by atoms with E-state index < -0.39 is 0 Å². The molecule has 4 rings (SSSR count). The number of hydrogen-bond donors (Lipinski definition) is 1. The Bertz CT molecular complexity index is 550. The van der Waals surface area contributed by atoms with Gasteiger partial charge in [0.05, 0.1) is 5.92 Å². The van der Waals surface area contributed by atoms with Crippen LogP contribution in [0.2, 0.25) is 0 Å². The minimum atomic E-state index is 0.138. The van der Waals surface area contributed by atoms with E-state index in [9.17, 15) is 4.79 Å². The van der Waals surface area contributed by atoms with Crippen LogP contribution in [0.5, 0.6) is 0 Å². The molecule has 1 N–H and O–H groups in total. The number of rotatable bonds is 2. The molecule has 0 bridgehead atoms. The number of nitrogens with one attached hydrogen (secondary N) is 1. The van der Waals surface area contributed by atoms with Crippen LogP contribution < -0.4 is 10.2 Å². The first kappa shape index (κ1) is 14.1. The van der Waals surface area contributed by atoms with Crippen LogP contribution in [0.25, 0.3) is 0 Å². The first-order valence-electron chi connectivity index (χ1n) is 8.98. The van der Waals surface area contributed by atoms with Crippen molar-refractivity contribution in [3.8, 4) is 0 Å². The van der Waals surface area contributed by atoms with Crippen LogP contribution >= 0.6 is 0 Å². The monoisotopic (exact) mass is 298 g/mol. The molecule has 1 saturated carbocycles. The quantitative estimate of drug-likeness (QED) is 0.909. The Morgan fingerprint density at radius 1 is 1.05 bits per heavy atom. The molecule has 2 aliphatic heterocycles. The molecule has 3 aliphatic rings. The minimum Gasteiger partial charge on any atom is -0.368 e. The Kier molecular flexibility index (Phi) is 3.81. The second-order valence-electron chi connectivity index (χ2n) is 7.19. The highest BCUT2D eigenvalue weighted by molar-refractivity contribution is 5.82. The van der Waals surface area contributed by atoms with E-state index in [-0.39, 0.29) is 5.92 Å². The molecule has 1 aliphatic carbocycles. The van der Waals surface area contributed by atoms with E-state index in [0.717, 1.165) is 19.4 Å². The second-order valence-corrected chi connectivity index (χ2v) is 7.19. The first-order valence-corrected chi connectivity index (χ1v) is 8.98. The van der Waals surface area contributed by atoms with Gasteiger partial charge in [0.2, 0.25) is 5.91 Å². The van der Waals surface area contributed by atoms with Gasteiger partial charge in [0.15, 0.2) is 0 Å². The van der Waals surface area contributed by atoms with Crippen molar-refractivity contribution in [1.82, 2.24) is 5.32 Å². The third-order valence-corrected chi connectivity index (χ3v) is 5.79. The van der Waals surface area contributed by atoms with Gasteiger partial charge in [-0.2, -0.15) is 0 Å². The van der Waals surface area contributed by atoms with Gasteiger partial charge >= 0.3 is 0 Å². The number of amides is 1. The summed E-state index contributed by atoms with van der Waals surface area (Å²) >= 11 is 0. The molecule has 1 aromatic rings. The van der Waals surface area contributed by atoms with E-state index in [0.29, 0.717) is 18.0 Å². The maximum Gasteiger partial charge on any atom is 0.225 e. The van der Waals surface area contributed by atoms with Gasteiger partial charge in [-0.25, -0.2) is 0 Å². The molecule has 0 spiro atoms. The molecule has 0 radical (unpaired) electrons. The van der Waals surface area contributed by atoms with Gasteiger partial charge < -0.3 is 10.2 Å². The molecular formula is C19H26N2O. The molecule has 118 valence electrons. The lowest BCUT2D eigenvalue weighted by molar-refractivity contribution is -0.126. The predicted molar refractivity (Wildman–Crippen MR) is 89.0 cm³/mol. The van der Waals surface area contributed by atoms with Gasteiger partial charge in [-0.3, -0.25) is 4.79 Å². The van der Waals surface area contributed by atoms with Crippen LogP contribution in [0, 0.1) is 5.92 Å². The summed E-state index contributed by atoms with van der Waals surface area (Å²) in [5, 5.41) is 3.37. The van der Waals surface area contributed by atoms with Crippen molar-refractivity contribution >= 4 is 11.6 Å². The molecule has 2 fully saturated rings. The first-order chi connectivity index (χ1) is 10.8. The number of fused-ring (bicyclic) bond motifs is 3. The highest BCUT2D eigenvalue weighted by Gasteiger charge is 2.41. The van der Waals surface area contributed by atoms with Crippen LogP contribution in [-0.2, 0) is 11.2 Å². The lowest BCUT2D eigenvalue weighted by Gasteiger charge is -2.39. The van der Waals surface area contributed by atoms with E-state index in [2.05, 4.69) is 34.5 Å². The van der Waals surface area contributed by atoms with Crippen molar-refractivity contribution in [1.29, 1.82) is 0 Å². The molecule has 2 unspecified atom stereocenters. The van der Waals surface area contributed by atoms with Crippen molar-refractivity contribution in [2.24, 2.45) is 5.92 Å². The summed E-state index contributed by atoms with van der Waals surface area (Å²) in [6.45, 7) is 1.11. The Morgan fingerprint density at radius 3 is 2.73 bits per heavy atom. The van der Waals surface area contributed by atoms with E-state index in [4.69, 9.17) is 0 Å². The maximum atomic E-state index is 12.9. The summed E-state index contributed by atoms with van der Waals surface area (Å²) in [6.07, 6.45) is 9.51. The predicted octanol–water partition coefficient (Wildman–Crippen LogP) is 3.28. The summed E-state index contributed by atoms with van der Waals surface area (Å²) in [7, 11) is 0. The highest BCUT2D eigenvalue weighted by Crippen LogP contribution is 2.39. The zero-order valence-electron chi connectivity index (χ0n) is 13.3. The second kappa shape index (κ2) is 5.94. The van der Waals surface area contributed by atoms with Gasteiger partial charge in [0, 0.05) is 24.3 Å². The average Bonchev–Trinajstić information content (AvgIpc) is 3.05. The largest absolute Gasteiger partial charge is 0.368 e. The summed E-state index contributed by atoms with van der Waals surface area (Å²) in [5.74, 6) is 0.442. The van der Waals surface area contributed by atoms with Crippen LogP contribution in [0.4, 0.5) is 5.69 Å². The molecule has 22 heavy (non-hydrogen) atoms. The third-order valence-electron chi connectivity index (χ3n) is 5.79. The normalized spacial score (nSPS) is 28.1. The van der Waals surface area contributed by atoms with Gasteiger partial charge in [-0.1, -0.05) is 37.5 Å². The number of anilines is 1. The zero-order chi connectivity index (χ0) is 14.9. The fourth-order valence-corrected chi connectivity index (χ4v) is 4.67. The Hall–Kier alpha value is -1.51. The van der Waals surface area contributed by atoms with Crippen molar-refractivity contribution in [2.45, 2.75) is 63.5 Å². The average molecular weight is 298 g/mol. The zero-order valence-corrected chi connectivity index (χ0v) is 13.3. The van der Waals surface area contributed by atoms with Crippen molar-refractivity contribution < 1.29 is 4.79 Å². The fraction of sp³-hybridized carbons (Fsp3) is 0.632. The topological polar surface area (TPSA) is 32.3 Å². The molecule has 3 nitrogen and oxygen atoms in total. The van der Waals surface area contributed by atoms with Gasteiger partial charge in [0.25, 0.3) is 0 Å². The Labute approximate surface area is 133 Å². The van der Waals surface area contributed by atoms with Gasteiger partial charge in [0.1, 0.15) is 0 Å². The minimum absolute atomic E-state index is 0.138. The van der Waals surface area contributed by atoms with E-state index >= 15 is 0 Å². The number of carbonyl (C=O) groups is 1. The van der Waals surface area contributed by atoms with E-state index in [1.54, 1.807) is 0 Å². The molecule has 2 heterocycles. The summed E-state index contributed by atoms with van der Waals surface area (Å²) < 4.78 is 0. The lowest BCUT2D eigenvalue weighted by atomic mass is 9.84. The lowest BCUT2D eigenvalue weighted by Crippen LogP contribution is -2.50. The molecule has 1 amide bonds. The number of benzene rings is 1. The summed E-state index contributed by atoms with van der Waals surface area (Å²) in [4.78, 5) is 15.4. The molecule has 1 saturated heterocycles. The number of nitrogens with zero attached hydrogens (tertiary/aromatic N) is 1. The Morgan fingerprint density at radius 2 is 1.86 bits per heavy atom. The molecule has 0 aromatic heterocycles. The number of para-hydroxylation sites is 1. The molecular weight excluding hydrogens is 272 g/mol. The van der Waals surface area contributed by atoms with Crippen LogP contribution in [0.3, 0.4) is 0 Å². The highest BCUT2D eigenvalue weighted by atomic mass is 16.2. The smallest absolute Gasteiger partial charge is 0.225 e. The fourth-order valence-electron chi connectivity index (χ4n) is 4.67. The van der Waals surface area contributed by atoms with Crippen LogP contribution in [0.1, 0.15) is 50.5 Å². The van der Waals surface area contributed by atoms with E-state index in [1.165, 1.54) is 49.8 Å². The SMILES string of the molecule is O=C(NC1CCCCC1)C1Cc2ccccc2N2CCCC12. The molecule has 3 heteroatoms. The Balaban J connectivity index is 1.53. The van der Waals surface area contributed by atoms with Gasteiger partial charge in [-0.05, 0) is 43.7 Å². The van der Waals surface area contributed by atoms with E-state index in [1.807, 2.05) is 0 Å². The maximum absolute atomic E-state index is 12.9. The van der Waals surface area contributed by atoms with Crippen molar-refractivity contribution in [3.05, 3.63) is 29.8 Å². The van der Waals surface area contributed by atoms with Crippen LogP contribution in [0.15, 0.2) is 24.3 Å². The van der Waals surface area contributed by atoms with Crippen molar-refractivity contribution in [3.63, 3.8) is 0 Å². The van der Waals surface area contributed by atoms with Gasteiger partial charge in [-0.15, -0.1) is 0 Å². The van der Waals surface area contributed by atoms with Crippen molar-refractivity contribution in [2.75, 3.05) is 11.4 Å². The summed E-state index contributed by atoms with van der Waals surface area (Å²) in [5.41, 5.74) is 2.72. The number of carbonyl (C=O) groups excluding carboxylic acids is 1. The van der Waals surface area contributed by atoms with Crippen LogP contribution in [-0.4, -0.2) is 24.5 Å². The molecule has 2 atom stereocenters. The number of hydrogen-bond acceptors (Lipinski definition) is 2.